The van der Waals surface area contributed by atoms with Crippen LogP contribution in [0.5, 0.6) is 0 Å². The number of amides is 1. The molecule has 1 aromatic carbocycles. The van der Waals surface area contributed by atoms with E-state index in [0.29, 0.717) is 13.0 Å². The molecule has 0 spiro atoms. The van der Waals surface area contributed by atoms with Crippen LogP contribution in [0.3, 0.4) is 0 Å². The Bertz CT molecular complexity index is 371. The van der Waals surface area contributed by atoms with Crippen LogP contribution in [0.1, 0.15) is 5.56 Å². The van der Waals surface area contributed by atoms with Crippen molar-refractivity contribution in [2.24, 2.45) is 0 Å². The van der Waals surface area contributed by atoms with Gasteiger partial charge in [0.25, 0.3) is 0 Å². The molecule has 0 saturated heterocycles. The Balaban J connectivity index is 2.49. The Morgan fingerprint density at radius 1 is 1.59 bits per heavy atom. The molecule has 0 radical (unpaired) electrons. The molecular weight excluding hydrogens is 286 g/mol. The molecule has 0 aromatic heterocycles. The molecule has 94 valence electrons. The number of benzene rings is 1. The zero-order valence-electron chi connectivity index (χ0n) is 9.65. The second-order valence-corrected chi connectivity index (χ2v) is 4.62. The smallest absolute Gasteiger partial charge is 0.224 e. The van der Waals surface area contributed by atoms with Crippen LogP contribution < -0.4 is 5.32 Å². The first kappa shape index (κ1) is 14.2. The molecule has 0 fully saturated rings. The molecule has 0 heterocycles. The molecule has 1 unspecified atom stereocenters. The zero-order valence-corrected chi connectivity index (χ0v) is 11.2. The predicted octanol–water partition coefficient (Wildman–Crippen LogP) is 1.12. The largest absolute Gasteiger partial charge is 0.394 e. The van der Waals surface area contributed by atoms with Crippen molar-refractivity contribution in [2.75, 3.05) is 20.3 Å². The van der Waals surface area contributed by atoms with Gasteiger partial charge in [0.2, 0.25) is 5.91 Å². The number of methoxy groups -OCH3 is 1. The van der Waals surface area contributed by atoms with E-state index < -0.39 is 0 Å². The SMILES string of the molecule is COCC(CO)NC(=O)Cc1cccc(Br)c1. The third-order valence-electron chi connectivity index (χ3n) is 2.21. The third kappa shape index (κ3) is 5.30. The molecular formula is C12H16BrNO3. The molecule has 17 heavy (non-hydrogen) atoms. The minimum atomic E-state index is -0.348. The number of rotatable bonds is 6. The average molecular weight is 302 g/mol. The normalized spacial score (nSPS) is 12.2. The summed E-state index contributed by atoms with van der Waals surface area (Å²) in [7, 11) is 1.53. The maximum absolute atomic E-state index is 11.7. The Hall–Kier alpha value is -0.910. The molecule has 0 aliphatic rings. The summed E-state index contributed by atoms with van der Waals surface area (Å²) >= 11 is 3.35. The van der Waals surface area contributed by atoms with Gasteiger partial charge in [0.05, 0.1) is 25.7 Å². The summed E-state index contributed by atoms with van der Waals surface area (Å²) in [6, 6.07) is 7.21. The summed E-state index contributed by atoms with van der Waals surface area (Å²) in [6.07, 6.45) is 0.291. The van der Waals surface area contributed by atoms with Crippen molar-refractivity contribution in [3.63, 3.8) is 0 Å². The van der Waals surface area contributed by atoms with Gasteiger partial charge in [0, 0.05) is 11.6 Å². The standard InChI is InChI=1S/C12H16BrNO3/c1-17-8-11(7-15)14-12(16)6-9-3-2-4-10(13)5-9/h2-5,11,15H,6-8H2,1H3,(H,14,16). The number of nitrogens with one attached hydrogen (secondary N) is 1. The lowest BCUT2D eigenvalue weighted by Crippen LogP contribution is -2.41. The second-order valence-electron chi connectivity index (χ2n) is 3.71. The predicted molar refractivity (Wildman–Crippen MR) is 68.7 cm³/mol. The highest BCUT2D eigenvalue weighted by molar-refractivity contribution is 9.10. The second kappa shape index (κ2) is 7.42. The van der Waals surface area contributed by atoms with Gasteiger partial charge in [-0.15, -0.1) is 0 Å². The van der Waals surface area contributed by atoms with Gasteiger partial charge >= 0.3 is 0 Å². The van der Waals surface area contributed by atoms with Crippen molar-refractivity contribution in [1.82, 2.24) is 5.32 Å². The number of carbonyl (C=O) groups is 1. The fourth-order valence-electron chi connectivity index (χ4n) is 1.45. The van der Waals surface area contributed by atoms with Crippen LogP contribution >= 0.6 is 15.9 Å². The summed E-state index contributed by atoms with van der Waals surface area (Å²) in [5, 5.41) is 11.7. The van der Waals surface area contributed by atoms with Crippen LogP contribution in [-0.2, 0) is 16.0 Å². The first-order valence-electron chi connectivity index (χ1n) is 5.29. The van der Waals surface area contributed by atoms with E-state index in [1.54, 1.807) is 0 Å². The van der Waals surface area contributed by atoms with Crippen LogP contribution in [0.25, 0.3) is 0 Å². The van der Waals surface area contributed by atoms with Gasteiger partial charge in [-0.2, -0.15) is 0 Å². The molecule has 0 bridgehead atoms. The quantitative estimate of drug-likeness (QED) is 0.828. The molecule has 1 atom stereocenters. The maximum Gasteiger partial charge on any atom is 0.224 e. The van der Waals surface area contributed by atoms with Crippen LogP contribution in [0.2, 0.25) is 0 Å². The zero-order chi connectivity index (χ0) is 12.7. The van der Waals surface area contributed by atoms with E-state index in [9.17, 15) is 4.79 Å². The Labute approximate surface area is 109 Å². The minimum Gasteiger partial charge on any atom is -0.394 e. The lowest BCUT2D eigenvalue weighted by Gasteiger charge is -2.15. The summed E-state index contributed by atoms with van der Waals surface area (Å²) in [6.45, 7) is 0.179. The lowest BCUT2D eigenvalue weighted by molar-refractivity contribution is -0.121. The molecule has 1 amide bonds. The van der Waals surface area contributed by atoms with Gasteiger partial charge in [0.1, 0.15) is 0 Å². The van der Waals surface area contributed by atoms with Crippen molar-refractivity contribution in [1.29, 1.82) is 0 Å². The van der Waals surface area contributed by atoms with E-state index in [1.807, 2.05) is 24.3 Å². The van der Waals surface area contributed by atoms with Gasteiger partial charge in [-0.1, -0.05) is 28.1 Å². The minimum absolute atomic E-state index is 0.126. The van der Waals surface area contributed by atoms with Crippen LogP contribution in [0.4, 0.5) is 0 Å². The topological polar surface area (TPSA) is 58.6 Å². The number of hydrogen-bond acceptors (Lipinski definition) is 3. The number of halogens is 1. The number of aliphatic hydroxyl groups excluding tert-OH is 1. The third-order valence-corrected chi connectivity index (χ3v) is 2.70. The van der Waals surface area contributed by atoms with Gasteiger partial charge in [-0.05, 0) is 17.7 Å². The molecule has 0 aliphatic heterocycles. The first-order chi connectivity index (χ1) is 8.15. The van der Waals surface area contributed by atoms with Crippen LogP contribution in [0.15, 0.2) is 28.7 Å². The Morgan fingerprint density at radius 2 is 2.35 bits per heavy atom. The van der Waals surface area contributed by atoms with Crippen molar-refractivity contribution in [3.8, 4) is 0 Å². The van der Waals surface area contributed by atoms with Gasteiger partial charge in [-0.3, -0.25) is 4.79 Å². The van der Waals surface area contributed by atoms with E-state index >= 15 is 0 Å². The molecule has 0 aliphatic carbocycles. The Kier molecular flexibility index (Phi) is 6.18. The summed E-state index contributed by atoms with van der Waals surface area (Å²) in [5.41, 5.74) is 0.922. The van der Waals surface area contributed by atoms with E-state index in [2.05, 4.69) is 21.2 Å². The van der Waals surface area contributed by atoms with E-state index in [-0.39, 0.29) is 18.6 Å². The van der Waals surface area contributed by atoms with Crippen molar-refractivity contribution in [3.05, 3.63) is 34.3 Å². The van der Waals surface area contributed by atoms with Gasteiger partial charge < -0.3 is 15.2 Å². The fraction of sp³-hybridized carbons (Fsp3) is 0.417. The van der Waals surface area contributed by atoms with Crippen molar-refractivity contribution >= 4 is 21.8 Å². The summed E-state index contributed by atoms with van der Waals surface area (Å²) in [5.74, 6) is -0.126. The van der Waals surface area contributed by atoms with E-state index in [4.69, 9.17) is 9.84 Å². The molecule has 5 heteroatoms. The lowest BCUT2D eigenvalue weighted by atomic mass is 10.1. The van der Waals surface area contributed by atoms with Crippen molar-refractivity contribution in [2.45, 2.75) is 12.5 Å². The van der Waals surface area contributed by atoms with Crippen LogP contribution in [0, 0.1) is 0 Å². The number of carbonyl (C=O) groups excluding carboxylic acids is 1. The van der Waals surface area contributed by atoms with E-state index in [1.165, 1.54) is 7.11 Å². The van der Waals surface area contributed by atoms with Gasteiger partial charge in [0.15, 0.2) is 0 Å². The highest BCUT2D eigenvalue weighted by Crippen LogP contribution is 2.11. The molecule has 1 rings (SSSR count). The van der Waals surface area contributed by atoms with Crippen LogP contribution in [-0.4, -0.2) is 37.4 Å². The van der Waals surface area contributed by atoms with Crippen molar-refractivity contribution < 1.29 is 14.6 Å². The van der Waals surface area contributed by atoms with E-state index in [0.717, 1.165) is 10.0 Å². The summed E-state index contributed by atoms with van der Waals surface area (Å²) < 4.78 is 5.83. The number of hydrogen-bond donors (Lipinski definition) is 2. The molecule has 2 N–H and O–H groups in total. The number of ether oxygens (including phenoxy) is 1. The highest BCUT2D eigenvalue weighted by atomic mass is 79.9. The molecule has 1 aromatic rings. The van der Waals surface area contributed by atoms with Gasteiger partial charge in [-0.25, -0.2) is 0 Å². The maximum atomic E-state index is 11.7. The Morgan fingerprint density at radius 3 is 2.94 bits per heavy atom. The highest BCUT2D eigenvalue weighted by Gasteiger charge is 2.11. The summed E-state index contributed by atoms with van der Waals surface area (Å²) in [4.78, 5) is 11.7. The fourth-order valence-corrected chi connectivity index (χ4v) is 1.90. The first-order valence-corrected chi connectivity index (χ1v) is 6.08. The molecule has 4 nitrogen and oxygen atoms in total. The average Bonchev–Trinajstić information content (AvgIpc) is 2.28. The monoisotopic (exact) mass is 301 g/mol. The number of aliphatic hydroxyl groups is 1. The molecule has 0 saturated carbocycles.